The molecule has 0 saturated carbocycles. The Balaban J connectivity index is 1.48. The summed E-state index contributed by atoms with van der Waals surface area (Å²) < 4.78 is 27.1. The molecule has 140 valence electrons. The normalized spacial score (nSPS) is 18.4. The van der Waals surface area contributed by atoms with Crippen LogP contribution >= 0.6 is 0 Å². The van der Waals surface area contributed by atoms with E-state index in [4.69, 9.17) is 0 Å². The first-order valence-corrected chi connectivity index (χ1v) is 10.4. The van der Waals surface area contributed by atoms with E-state index in [-0.39, 0.29) is 23.3 Å². The van der Waals surface area contributed by atoms with E-state index in [0.717, 1.165) is 16.6 Å². The maximum atomic E-state index is 12.8. The number of rotatable bonds is 4. The highest BCUT2D eigenvalue weighted by atomic mass is 32.2. The Labute approximate surface area is 158 Å². The fraction of sp³-hybridized carbons (Fsp3) is 0.250. The summed E-state index contributed by atoms with van der Waals surface area (Å²) in [6, 6.07) is 16.0. The number of sulfonamides is 1. The second kappa shape index (κ2) is 7.17. The predicted molar refractivity (Wildman–Crippen MR) is 105 cm³/mol. The van der Waals surface area contributed by atoms with Crippen LogP contribution in [0.25, 0.3) is 10.9 Å². The highest BCUT2D eigenvalue weighted by Crippen LogP contribution is 2.25. The van der Waals surface area contributed by atoms with Gasteiger partial charge < -0.3 is 10.3 Å². The number of amides is 1. The van der Waals surface area contributed by atoms with E-state index in [9.17, 15) is 13.2 Å². The second-order valence-corrected chi connectivity index (χ2v) is 8.72. The van der Waals surface area contributed by atoms with Crippen molar-refractivity contribution in [3.63, 3.8) is 0 Å². The van der Waals surface area contributed by atoms with Crippen LogP contribution in [-0.4, -0.2) is 36.7 Å². The van der Waals surface area contributed by atoms with Crippen LogP contribution in [0, 0.1) is 5.92 Å². The van der Waals surface area contributed by atoms with E-state index in [1.165, 1.54) is 4.31 Å². The summed E-state index contributed by atoms with van der Waals surface area (Å²) in [5, 5.41) is 3.95. The number of fused-ring (bicyclic) bond motifs is 1. The average molecular weight is 383 g/mol. The van der Waals surface area contributed by atoms with Gasteiger partial charge in [0.1, 0.15) is 0 Å². The van der Waals surface area contributed by atoms with Gasteiger partial charge in [0, 0.05) is 35.9 Å². The molecule has 1 amide bonds. The van der Waals surface area contributed by atoms with Crippen LogP contribution in [0.2, 0.25) is 0 Å². The fourth-order valence-electron chi connectivity index (χ4n) is 3.49. The molecular weight excluding hydrogens is 362 g/mol. The number of H-pyrrole nitrogens is 1. The molecule has 0 spiro atoms. The first-order chi connectivity index (χ1) is 13.0. The van der Waals surface area contributed by atoms with Gasteiger partial charge in [0.25, 0.3) is 0 Å². The maximum Gasteiger partial charge on any atom is 0.243 e. The van der Waals surface area contributed by atoms with Crippen molar-refractivity contribution in [2.45, 2.75) is 17.7 Å². The van der Waals surface area contributed by atoms with Gasteiger partial charge in [-0.25, -0.2) is 8.42 Å². The van der Waals surface area contributed by atoms with Gasteiger partial charge in [-0.2, -0.15) is 4.31 Å². The van der Waals surface area contributed by atoms with Gasteiger partial charge in [-0.1, -0.05) is 18.2 Å². The third-order valence-corrected chi connectivity index (χ3v) is 6.84. The number of nitrogens with one attached hydrogen (secondary N) is 2. The first kappa shape index (κ1) is 17.8. The van der Waals surface area contributed by atoms with Gasteiger partial charge in [-0.05, 0) is 49.2 Å². The van der Waals surface area contributed by atoms with Gasteiger partial charge in [-0.3, -0.25) is 4.79 Å². The Morgan fingerprint density at radius 3 is 2.74 bits per heavy atom. The van der Waals surface area contributed by atoms with Crippen LogP contribution < -0.4 is 5.32 Å². The molecule has 0 radical (unpaired) electrons. The van der Waals surface area contributed by atoms with Crippen LogP contribution in [0.1, 0.15) is 12.8 Å². The van der Waals surface area contributed by atoms with Crippen LogP contribution in [0.5, 0.6) is 0 Å². The molecule has 7 heteroatoms. The van der Waals surface area contributed by atoms with Crippen LogP contribution in [0.4, 0.5) is 5.69 Å². The van der Waals surface area contributed by atoms with E-state index >= 15 is 0 Å². The molecule has 1 unspecified atom stereocenters. The molecule has 0 aliphatic carbocycles. The number of carbonyl (C=O) groups is 1. The summed E-state index contributed by atoms with van der Waals surface area (Å²) in [4.78, 5) is 16.1. The third kappa shape index (κ3) is 3.61. The van der Waals surface area contributed by atoms with Crippen molar-refractivity contribution in [2.75, 3.05) is 18.4 Å². The SMILES string of the molecule is O=C(Nc1ccc2[nH]ccc2c1)C1CCCN(S(=O)(=O)c2ccccc2)C1. The Morgan fingerprint density at radius 1 is 1.11 bits per heavy atom. The van der Waals surface area contributed by atoms with Crippen LogP contribution in [-0.2, 0) is 14.8 Å². The molecule has 0 bridgehead atoms. The van der Waals surface area contributed by atoms with Gasteiger partial charge in [-0.15, -0.1) is 0 Å². The van der Waals surface area contributed by atoms with Crippen molar-refractivity contribution in [1.29, 1.82) is 0 Å². The Morgan fingerprint density at radius 2 is 1.93 bits per heavy atom. The highest BCUT2D eigenvalue weighted by molar-refractivity contribution is 7.89. The molecule has 1 aliphatic heterocycles. The Hall–Kier alpha value is -2.64. The largest absolute Gasteiger partial charge is 0.361 e. The summed E-state index contributed by atoms with van der Waals surface area (Å²) in [5.41, 5.74) is 1.72. The minimum absolute atomic E-state index is 0.141. The highest BCUT2D eigenvalue weighted by Gasteiger charge is 2.33. The summed E-state index contributed by atoms with van der Waals surface area (Å²) in [6.45, 7) is 0.645. The van der Waals surface area contributed by atoms with Gasteiger partial charge in [0.05, 0.1) is 10.8 Å². The quantitative estimate of drug-likeness (QED) is 0.726. The monoisotopic (exact) mass is 383 g/mol. The molecule has 6 nitrogen and oxygen atoms in total. The molecule has 1 aromatic heterocycles. The van der Waals surface area contributed by atoms with Crippen molar-refractivity contribution in [3.8, 4) is 0 Å². The standard InChI is InChI=1S/C20H21N3O3S/c24-20(22-17-8-9-19-15(13-17)10-11-21-19)16-5-4-12-23(14-16)27(25,26)18-6-2-1-3-7-18/h1-3,6-11,13,16,21H,4-5,12,14H2,(H,22,24). The summed E-state index contributed by atoms with van der Waals surface area (Å²) >= 11 is 0. The molecule has 1 aliphatic rings. The molecule has 2 N–H and O–H groups in total. The number of hydrogen-bond donors (Lipinski definition) is 2. The number of benzene rings is 2. The molecule has 2 heterocycles. The molecule has 4 rings (SSSR count). The van der Waals surface area contributed by atoms with Gasteiger partial charge in [0.15, 0.2) is 0 Å². The molecular formula is C20H21N3O3S. The van der Waals surface area contributed by atoms with Crippen molar-refractivity contribution in [2.24, 2.45) is 5.92 Å². The zero-order chi connectivity index (χ0) is 18.9. The van der Waals surface area contributed by atoms with E-state index in [1.807, 2.05) is 30.5 Å². The molecule has 2 aromatic carbocycles. The molecule has 1 fully saturated rings. The van der Waals surface area contributed by atoms with E-state index in [0.29, 0.717) is 19.4 Å². The number of aromatic amines is 1. The minimum atomic E-state index is -3.57. The molecule has 1 saturated heterocycles. The first-order valence-electron chi connectivity index (χ1n) is 8.97. The van der Waals surface area contributed by atoms with Crippen LogP contribution in [0.3, 0.4) is 0 Å². The number of hydrogen-bond acceptors (Lipinski definition) is 3. The number of carbonyl (C=O) groups excluding carboxylic acids is 1. The summed E-state index contributed by atoms with van der Waals surface area (Å²) in [7, 11) is -3.57. The second-order valence-electron chi connectivity index (χ2n) is 6.78. The maximum absolute atomic E-state index is 12.8. The number of aromatic nitrogens is 1. The van der Waals surface area contributed by atoms with Crippen LogP contribution in [0.15, 0.2) is 65.7 Å². The Bertz CT molecular complexity index is 1060. The lowest BCUT2D eigenvalue weighted by molar-refractivity contribution is -0.120. The molecule has 1 atom stereocenters. The number of nitrogens with zero attached hydrogens (tertiary/aromatic N) is 1. The molecule has 27 heavy (non-hydrogen) atoms. The number of anilines is 1. The lowest BCUT2D eigenvalue weighted by Crippen LogP contribution is -2.43. The van der Waals surface area contributed by atoms with Crippen molar-refractivity contribution in [3.05, 3.63) is 60.8 Å². The van der Waals surface area contributed by atoms with Gasteiger partial charge >= 0.3 is 0 Å². The lowest BCUT2D eigenvalue weighted by Gasteiger charge is -2.31. The van der Waals surface area contributed by atoms with Crippen molar-refractivity contribution < 1.29 is 13.2 Å². The topological polar surface area (TPSA) is 82.3 Å². The Kier molecular flexibility index (Phi) is 4.72. The number of piperidine rings is 1. The summed E-state index contributed by atoms with van der Waals surface area (Å²) in [6.07, 6.45) is 3.20. The van der Waals surface area contributed by atoms with E-state index < -0.39 is 10.0 Å². The van der Waals surface area contributed by atoms with Crippen molar-refractivity contribution >= 4 is 32.5 Å². The fourth-order valence-corrected chi connectivity index (χ4v) is 5.04. The smallest absolute Gasteiger partial charge is 0.243 e. The predicted octanol–water partition coefficient (Wildman–Crippen LogP) is 3.21. The van der Waals surface area contributed by atoms with Gasteiger partial charge in [0.2, 0.25) is 15.9 Å². The zero-order valence-corrected chi connectivity index (χ0v) is 15.6. The average Bonchev–Trinajstić information content (AvgIpc) is 3.16. The van der Waals surface area contributed by atoms with Crippen molar-refractivity contribution in [1.82, 2.24) is 9.29 Å². The van der Waals surface area contributed by atoms with E-state index in [2.05, 4.69) is 10.3 Å². The minimum Gasteiger partial charge on any atom is -0.361 e. The zero-order valence-electron chi connectivity index (χ0n) is 14.8. The van der Waals surface area contributed by atoms with E-state index in [1.54, 1.807) is 30.3 Å². The lowest BCUT2D eigenvalue weighted by atomic mass is 9.98. The molecule has 3 aromatic rings. The summed E-state index contributed by atoms with van der Waals surface area (Å²) in [5.74, 6) is -0.503. The third-order valence-electron chi connectivity index (χ3n) is 4.96.